The lowest BCUT2D eigenvalue weighted by Crippen LogP contribution is -2.29. The fourth-order valence-electron chi connectivity index (χ4n) is 2.43. The molecule has 0 unspecified atom stereocenters. The van der Waals surface area contributed by atoms with E-state index >= 15 is 0 Å². The van der Waals surface area contributed by atoms with Crippen molar-refractivity contribution in [2.45, 2.75) is 18.9 Å². The van der Waals surface area contributed by atoms with E-state index in [1.807, 2.05) is 24.4 Å². The second-order valence-electron chi connectivity index (χ2n) is 4.74. The summed E-state index contributed by atoms with van der Waals surface area (Å²) in [5.41, 5.74) is 8.08. The maximum atomic E-state index is 9.19. The first-order valence-electron chi connectivity index (χ1n) is 6.31. The highest BCUT2D eigenvalue weighted by Crippen LogP contribution is 2.37. The Hall–Kier alpha value is -1.81. The molecule has 2 aromatic rings. The summed E-state index contributed by atoms with van der Waals surface area (Å²) < 4.78 is 0. The van der Waals surface area contributed by atoms with Crippen molar-refractivity contribution in [1.29, 1.82) is 0 Å². The molecule has 1 aliphatic carbocycles. The summed E-state index contributed by atoms with van der Waals surface area (Å²) in [7, 11) is 0. The molecule has 0 radical (unpaired) electrons. The molecule has 3 N–H and O–H groups in total. The van der Waals surface area contributed by atoms with Gasteiger partial charge in [0.1, 0.15) is 0 Å². The number of nitrogens with two attached hydrogens (primary N) is 1. The Labute approximate surface area is 106 Å². The molecular weight excluding hydrogens is 226 g/mol. The highest BCUT2D eigenvalue weighted by atomic mass is 16.3. The number of hydrogen-bond donors (Lipinski definition) is 2. The quantitative estimate of drug-likeness (QED) is 0.803. The Bertz CT molecular complexity index is 566. The van der Waals surface area contributed by atoms with Crippen LogP contribution in [0.4, 0.5) is 11.4 Å². The maximum absolute atomic E-state index is 9.19. The van der Waals surface area contributed by atoms with Gasteiger partial charge in [0.2, 0.25) is 0 Å². The molecule has 3 rings (SSSR count). The first-order chi connectivity index (χ1) is 8.81. The van der Waals surface area contributed by atoms with Gasteiger partial charge in [-0.15, -0.1) is 0 Å². The van der Waals surface area contributed by atoms with Crippen molar-refractivity contribution in [3.8, 4) is 0 Å². The van der Waals surface area contributed by atoms with Crippen molar-refractivity contribution in [2.24, 2.45) is 0 Å². The molecule has 4 nitrogen and oxygen atoms in total. The average molecular weight is 243 g/mol. The van der Waals surface area contributed by atoms with Gasteiger partial charge < -0.3 is 15.7 Å². The van der Waals surface area contributed by atoms with Crippen LogP contribution in [-0.2, 0) is 0 Å². The standard InChI is InChI=1S/C14H17N3O/c15-14-12-5-6-16-9-10(12)1-4-13(14)17(7-8-18)11-2-3-11/h1,4-6,9,11,18H,2-3,7-8,15H2. The van der Waals surface area contributed by atoms with Crippen molar-refractivity contribution in [1.82, 2.24) is 4.98 Å². The van der Waals surface area contributed by atoms with Crippen molar-refractivity contribution in [3.05, 3.63) is 30.6 Å². The normalized spacial score (nSPS) is 14.9. The molecule has 0 saturated heterocycles. The Morgan fingerprint density at radius 2 is 2.17 bits per heavy atom. The third-order valence-electron chi connectivity index (χ3n) is 3.48. The van der Waals surface area contributed by atoms with Crippen LogP contribution in [0.3, 0.4) is 0 Å². The van der Waals surface area contributed by atoms with E-state index in [0.29, 0.717) is 12.6 Å². The first-order valence-corrected chi connectivity index (χ1v) is 6.31. The smallest absolute Gasteiger partial charge is 0.0632 e. The van der Waals surface area contributed by atoms with Crippen molar-refractivity contribution >= 4 is 22.1 Å². The van der Waals surface area contributed by atoms with E-state index < -0.39 is 0 Å². The number of aromatic nitrogens is 1. The molecule has 0 aliphatic heterocycles. The maximum Gasteiger partial charge on any atom is 0.0632 e. The Morgan fingerprint density at radius 1 is 1.33 bits per heavy atom. The Morgan fingerprint density at radius 3 is 2.89 bits per heavy atom. The zero-order valence-corrected chi connectivity index (χ0v) is 10.2. The largest absolute Gasteiger partial charge is 0.397 e. The van der Waals surface area contributed by atoms with Crippen LogP contribution >= 0.6 is 0 Å². The summed E-state index contributed by atoms with van der Waals surface area (Å²) in [6, 6.07) is 6.56. The van der Waals surface area contributed by atoms with Crippen LogP contribution in [-0.4, -0.2) is 29.3 Å². The zero-order chi connectivity index (χ0) is 12.5. The highest BCUT2D eigenvalue weighted by Gasteiger charge is 2.30. The summed E-state index contributed by atoms with van der Waals surface area (Å²) in [5.74, 6) is 0. The molecule has 1 heterocycles. The second kappa shape index (κ2) is 4.46. The number of pyridine rings is 1. The minimum Gasteiger partial charge on any atom is -0.397 e. The van der Waals surface area contributed by atoms with E-state index in [4.69, 9.17) is 5.73 Å². The van der Waals surface area contributed by atoms with E-state index in [-0.39, 0.29) is 6.61 Å². The molecule has 1 aromatic carbocycles. The van der Waals surface area contributed by atoms with E-state index in [1.54, 1.807) is 6.20 Å². The van der Waals surface area contributed by atoms with Gasteiger partial charge in [0, 0.05) is 35.8 Å². The number of hydrogen-bond acceptors (Lipinski definition) is 4. The lowest BCUT2D eigenvalue weighted by molar-refractivity contribution is 0.301. The molecular formula is C14H17N3O. The van der Waals surface area contributed by atoms with Gasteiger partial charge in [-0.05, 0) is 25.0 Å². The second-order valence-corrected chi connectivity index (χ2v) is 4.74. The number of benzene rings is 1. The van der Waals surface area contributed by atoms with Gasteiger partial charge in [0.25, 0.3) is 0 Å². The molecule has 1 saturated carbocycles. The van der Waals surface area contributed by atoms with E-state index in [2.05, 4.69) is 9.88 Å². The third-order valence-corrected chi connectivity index (χ3v) is 3.48. The monoisotopic (exact) mass is 243 g/mol. The van der Waals surface area contributed by atoms with Gasteiger partial charge >= 0.3 is 0 Å². The minimum absolute atomic E-state index is 0.157. The Kier molecular flexibility index (Phi) is 2.80. The topological polar surface area (TPSA) is 62.4 Å². The number of aliphatic hydroxyl groups excluding tert-OH is 1. The molecule has 1 aromatic heterocycles. The molecule has 4 heteroatoms. The summed E-state index contributed by atoms with van der Waals surface area (Å²) in [6.07, 6.45) is 5.96. The van der Waals surface area contributed by atoms with Crippen LogP contribution in [0.25, 0.3) is 10.8 Å². The van der Waals surface area contributed by atoms with Gasteiger partial charge in [-0.25, -0.2) is 0 Å². The lowest BCUT2D eigenvalue weighted by Gasteiger charge is -2.25. The molecule has 18 heavy (non-hydrogen) atoms. The highest BCUT2D eigenvalue weighted by molar-refractivity contribution is 5.98. The molecule has 0 bridgehead atoms. The fraction of sp³-hybridized carbons (Fsp3) is 0.357. The van der Waals surface area contributed by atoms with Gasteiger partial charge in [-0.1, -0.05) is 6.07 Å². The zero-order valence-electron chi connectivity index (χ0n) is 10.2. The number of anilines is 2. The van der Waals surface area contributed by atoms with E-state index in [0.717, 1.165) is 22.1 Å². The molecule has 0 amide bonds. The number of nitrogens with zero attached hydrogens (tertiary/aromatic N) is 2. The summed E-state index contributed by atoms with van der Waals surface area (Å²) in [4.78, 5) is 6.32. The fourth-order valence-corrected chi connectivity index (χ4v) is 2.43. The summed E-state index contributed by atoms with van der Waals surface area (Å²) in [5, 5.41) is 11.3. The molecule has 0 atom stereocenters. The minimum atomic E-state index is 0.157. The molecule has 0 spiro atoms. The van der Waals surface area contributed by atoms with Crippen molar-refractivity contribution < 1.29 is 5.11 Å². The first kappa shape index (κ1) is 11.3. The van der Waals surface area contributed by atoms with Crippen LogP contribution in [0, 0.1) is 0 Å². The van der Waals surface area contributed by atoms with Crippen molar-refractivity contribution in [3.63, 3.8) is 0 Å². The number of rotatable bonds is 4. The summed E-state index contributed by atoms with van der Waals surface area (Å²) >= 11 is 0. The Balaban J connectivity index is 2.07. The SMILES string of the molecule is Nc1c(N(CCO)C2CC2)ccc2cnccc12. The predicted octanol–water partition coefficient (Wildman–Crippen LogP) is 1.78. The third kappa shape index (κ3) is 1.88. The average Bonchev–Trinajstić information content (AvgIpc) is 3.22. The molecule has 1 aliphatic rings. The van der Waals surface area contributed by atoms with E-state index in [1.165, 1.54) is 12.8 Å². The van der Waals surface area contributed by atoms with Gasteiger partial charge in [-0.2, -0.15) is 0 Å². The van der Waals surface area contributed by atoms with Gasteiger partial charge in [0.15, 0.2) is 0 Å². The van der Waals surface area contributed by atoms with Crippen LogP contribution in [0.1, 0.15) is 12.8 Å². The number of aliphatic hydroxyl groups is 1. The predicted molar refractivity (Wildman–Crippen MR) is 73.6 cm³/mol. The van der Waals surface area contributed by atoms with Crippen molar-refractivity contribution in [2.75, 3.05) is 23.8 Å². The number of fused-ring (bicyclic) bond motifs is 1. The van der Waals surface area contributed by atoms with Crippen LogP contribution in [0.15, 0.2) is 30.6 Å². The van der Waals surface area contributed by atoms with Crippen LogP contribution in [0.2, 0.25) is 0 Å². The lowest BCUT2D eigenvalue weighted by atomic mass is 10.1. The van der Waals surface area contributed by atoms with Crippen LogP contribution in [0.5, 0.6) is 0 Å². The number of nitrogen functional groups attached to an aromatic ring is 1. The molecule has 1 fully saturated rings. The van der Waals surface area contributed by atoms with E-state index in [9.17, 15) is 5.11 Å². The van der Waals surface area contributed by atoms with Gasteiger partial charge in [-0.3, -0.25) is 4.98 Å². The summed E-state index contributed by atoms with van der Waals surface area (Å²) in [6.45, 7) is 0.801. The molecule has 94 valence electrons. The van der Waals surface area contributed by atoms with Gasteiger partial charge in [0.05, 0.1) is 18.0 Å². The van der Waals surface area contributed by atoms with Crippen LogP contribution < -0.4 is 10.6 Å².